The van der Waals surface area contributed by atoms with Crippen molar-refractivity contribution in [2.24, 2.45) is 22.9 Å². The number of carbonyl (C=O) groups excluding carboxylic acids is 6. The Morgan fingerprint density at radius 1 is 0.390 bits per heavy atom. The number of hydrogen-bond acceptors (Lipinski definition) is 35. The van der Waals surface area contributed by atoms with Crippen LogP contribution in [0.4, 0.5) is 0 Å². The van der Waals surface area contributed by atoms with Gasteiger partial charge in [-0.25, -0.2) is 15.8 Å². The number of ether oxygens (including phenoxy) is 9. The Morgan fingerprint density at radius 2 is 0.619 bits per heavy atom. The smallest absolute Gasteiger partial charge is 0.334 e. The number of nitrogens with two attached hydrogens (primary N) is 4. The Hall–Kier alpha value is 7.73. The third kappa shape index (κ3) is 226. The van der Waals surface area contributed by atoms with Crippen LogP contribution in [0.25, 0.3) is 0 Å². The number of ketones is 2. The van der Waals surface area contributed by atoms with Crippen LogP contribution in [-0.2, 0) is 211 Å². The summed E-state index contributed by atoms with van der Waals surface area (Å²) >= 11 is 12.5. The number of carbonyl (C=O) groups is 10. The third-order valence-electron chi connectivity index (χ3n) is 12.0. The topological polar surface area (TPSA) is 570 Å². The number of thiol groups is 4. The minimum atomic E-state index is -1.85. The second-order valence-corrected chi connectivity index (χ2v) is 26.0. The minimum Gasteiger partial charge on any atom is -0.481 e. The van der Waals surface area contributed by atoms with Gasteiger partial charge in [-0.3, -0.25) is 47.9 Å². The van der Waals surface area contributed by atoms with Crippen molar-refractivity contribution in [2.75, 3.05) is 168 Å². The van der Waals surface area contributed by atoms with Crippen LogP contribution in [0.15, 0.2) is 0 Å². The summed E-state index contributed by atoms with van der Waals surface area (Å²) in [7, 11) is 11.4. The molecule has 0 aromatic rings. The molecule has 51 heteroatoms. The molecular weight excluding hydrogens is 2830 g/mol. The predicted molar refractivity (Wildman–Crippen MR) is 430 cm³/mol. The summed E-state index contributed by atoms with van der Waals surface area (Å²) < 4.78 is 62.5. The van der Waals surface area contributed by atoms with Crippen LogP contribution in [0.3, 0.4) is 0 Å². The molecule has 0 aromatic carbocycles. The van der Waals surface area contributed by atoms with Gasteiger partial charge in [0.15, 0.2) is 0 Å². The Bertz CT molecular complexity index is 1730. The summed E-state index contributed by atoms with van der Waals surface area (Å²) in [5, 5.41) is 59.5. The van der Waals surface area contributed by atoms with Gasteiger partial charge in [0.25, 0.3) is 0 Å². The van der Waals surface area contributed by atoms with Crippen LogP contribution >= 0.6 is 51.4 Å². The quantitative estimate of drug-likeness (QED) is 0.00407. The van der Waals surface area contributed by atoms with E-state index in [0.29, 0.717) is 110 Å². The number of esters is 2. The van der Waals surface area contributed by atoms with E-state index in [2.05, 4.69) is 86.3 Å². The second kappa shape index (κ2) is 171. The molecule has 0 aliphatic carbocycles. The zero-order valence-corrected chi connectivity index (χ0v) is 94.2. The Morgan fingerprint density at radius 3 is 0.814 bits per heavy atom. The zero-order chi connectivity index (χ0) is 86.1. The molecule has 745 valence electrons. The molecule has 0 saturated carbocycles. The van der Waals surface area contributed by atoms with E-state index >= 15 is 0 Å². The van der Waals surface area contributed by atoms with Crippen molar-refractivity contribution in [2.45, 2.75) is 206 Å². The fourth-order valence-corrected chi connectivity index (χ4v) is 9.41. The Balaban J connectivity index is -0.0000000463. The average molecular weight is 2980 g/mol. The molecule has 17 N–H and O–H groups in total. The summed E-state index contributed by atoms with van der Waals surface area (Å²) in [6.45, 7) is 17.5. The van der Waals surface area contributed by atoms with Crippen molar-refractivity contribution in [3.05, 3.63) is 0 Å². The number of aliphatic carboxylic acids is 4. The first-order chi connectivity index (χ1) is 52.0. The van der Waals surface area contributed by atoms with Crippen LogP contribution in [-0.4, -0.2) is 272 Å². The van der Waals surface area contributed by atoms with E-state index in [1.54, 1.807) is 56.9 Å². The van der Waals surface area contributed by atoms with Gasteiger partial charge in [-0.05, 0) is 161 Å². The molecule has 1 saturated heterocycles. The molecule has 1 aliphatic heterocycles. The molecule has 2 amide bonds. The van der Waals surface area contributed by atoms with Gasteiger partial charge in [-0.2, -0.15) is 25.6 Å². The molecule has 0 unspecified atom stereocenters. The number of rotatable bonds is 53. The van der Waals surface area contributed by atoms with Gasteiger partial charge in [0.05, 0.1) is 0 Å². The van der Waals surface area contributed by atoms with Crippen molar-refractivity contribution >= 4 is 119 Å². The number of methoxy groups -OCH3 is 8. The SMILES string of the molecule is CCO[Si](C)(CCCN)OCC.COCCCCC(=O)CCCC(=O)O.COCCCCC(=O)CCCC(=O)O.COCCCN.COCCCN.COCCCN.COCCCNC(=O)CCCC(=O)O.COCCCNC(=O)CCCC(=O)O.COCCCS.O=C1CCCC(=O)O1.OOS.OOS.OOS.[Er].[Er].[Er].[Y].[Y].[Y].[Yb].[Yb].[Yb]. The van der Waals surface area contributed by atoms with Crippen molar-refractivity contribution in [1.29, 1.82) is 0 Å². The molecule has 37 nitrogen and oxygen atoms in total. The predicted octanol–water partition coefficient (Wildman–Crippen LogP) is 7.61. The van der Waals surface area contributed by atoms with E-state index < -0.39 is 32.4 Å². The molecule has 1 aliphatic rings. The average Bonchev–Trinajstić information content (AvgIpc) is 0.911. The maximum Gasteiger partial charge on any atom is 0.334 e. The van der Waals surface area contributed by atoms with Crippen LogP contribution in [0, 0.1) is 253 Å². The van der Waals surface area contributed by atoms with Crippen molar-refractivity contribution < 1.29 is 499 Å². The number of carboxylic acids is 4. The Kier molecular flexibility index (Phi) is 258. The normalized spacial score (nSPS) is 9.61. The van der Waals surface area contributed by atoms with Crippen LogP contribution in [0.2, 0.25) is 12.6 Å². The van der Waals surface area contributed by atoms with Crippen LogP contribution < -0.4 is 33.6 Å². The van der Waals surface area contributed by atoms with E-state index in [-0.39, 0.29) is 425 Å². The monoisotopic (exact) mass is 2970 g/mol. The molecule has 0 bridgehead atoms. The molecule has 3 radical (unpaired) electrons. The van der Waals surface area contributed by atoms with Gasteiger partial charge in [-0.15, -0.1) is 0 Å². The van der Waals surface area contributed by atoms with Gasteiger partial charge in [0.1, 0.15) is 11.6 Å². The van der Waals surface area contributed by atoms with E-state index in [4.69, 9.17) is 106 Å². The van der Waals surface area contributed by atoms with E-state index in [1.807, 2.05) is 13.8 Å². The molecule has 0 atom stereocenters. The standard InChI is InChI=1S/2C10H18O4.2C9H17NO4.C8H21NO2Si.C5H6O3.3C4H11NO.C4H10OS.3Er.3H2O2S.3Y.3Yb/c2*1-14-8-3-2-5-9(11)6-4-7-10(12)13;2*1-14-7-3-6-10-8(11)4-2-5-9(12)13;1-4-10-12(3,11-5-2)8-6-7-9;6-4-2-1-3-5(7)8-4;3*1-6-4-2-3-5;1-5-3-2-4-6;;;;3*1-2-3;;;;;;/h2*2-8H2,1H3,(H,12,13);2*2-7H2,1H3,(H,10,11)(H,12,13);4-9H2,1-3H3;1-3H2;3*2-5H2,1H3;6H,2-4H2,1H3;;;;3*1,3H;;;;;;. The fraction of sp³-hybridized carbons (Fsp3) is 0.851. The first-order valence-corrected chi connectivity index (χ1v) is 39.9. The number of Topliss-reactive ketones (excluding diaryl/α,β-unsaturated/α-hetero) is 2. The van der Waals surface area contributed by atoms with E-state index in [9.17, 15) is 47.9 Å². The molecule has 118 heavy (non-hydrogen) atoms. The largest absolute Gasteiger partial charge is 0.481 e. The maximum atomic E-state index is 11.2. The minimum absolute atomic E-state index is 0. The van der Waals surface area contributed by atoms with Gasteiger partial charge >= 0.3 is 44.4 Å². The summed E-state index contributed by atoms with van der Waals surface area (Å²) in [5.41, 5.74) is 20.8. The maximum absolute atomic E-state index is 11.2. The van der Waals surface area contributed by atoms with Gasteiger partial charge < -0.3 is 105 Å². The van der Waals surface area contributed by atoms with Crippen molar-refractivity contribution in [3.63, 3.8) is 0 Å². The summed E-state index contributed by atoms with van der Waals surface area (Å²) in [6, 6.07) is 1.01. The number of unbranched alkanes of at least 4 members (excludes halogenated alkanes) is 2. The summed E-state index contributed by atoms with van der Waals surface area (Å²) in [5.74, 6) is -3.13. The molecule has 1 fully saturated rings. The third-order valence-corrected chi connectivity index (χ3v) is 15.3. The van der Waals surface area contributed by atoms with E-state index in [0.717, 1.165) is 148 Å². The van der Waals surface area contributed by atoms with Crippen molar-refractivity contribution in [1.82, 2.24) is 10.6 Å². The van der Waals surface area contributed by atoms with Gasteiger partial charge in [0.2, 0.25) is 11.8 Å². The zero-order valence-electron chi connectivity index (χ0n) is 70.5. The van der Waals surface area contributed by atoms with Gasteiger partial charge in [-0.1, -0.05) is 0 Å². The van der Waals surface area contributed by atoms with Crippen molar-refractivity contribution in [3.8, 4) is 0 Å². The molecule has 0 spiro atoms. The molecule has 1 heterocycles. The molecule has 0 aromatic heterocycles. The summed E-state index contributed by atoms with van der Waals surface area (Å²) in [4.78, 5) is 105. The number of hydrogen-bond donors (Lipinski definition) is 17. The first-order valence-electron chi connectivity index (χ1n) is 35.7. The summed E-state index contributed by atoms with van der Waals surface area (Å²) in [6.07, 6.45) is 15.8. The van der Waals surface area contributed by atoms with E-state index in [1.165, 1.54) is 0 Å². The molecular formula is C67H146Er3N6O31S4SiY3Yb3. The van der Waals surface area contributed by atoms with Crippen LogP contribution in [0.5, 0.6) is 0 Å². The number of carboxylic acid groups (broad SMARTS) is 4. The number of nitrogens with one attached hydrogen (secondary N) is 2. The molecule has 1 rings (SSSR count). The van der Waals surface area contributed by atoms with Gasteiger partial charge in [0, 0.05) is 603 Å². The fourth-order valence-electron chi connectivity index (χ4n) is 6.84. The van der Waals surface area contributed by atoms with Crippen LogP contribution in [0.1, 0.15) is 194 Å². The Labute approximate surface area is 1010 Å². The number of cyclic esters (lactones) is 2. The first kappa shape index (κ1) is 178. The number of amides is 2. The second-order valence-electron chi connectivity index (χ2n) is 21.7.